The van der Waals surface area contributed by atoms with Crippen LogP contribution in [-0.2, 0) is 27.0 Å². The van der Waals surface area contributed by atoms with Gasteiger partial charge in [0.05, 0.1) is 0 Å². The third kappa shape index (κ3) is 8.23. The summed E-state index contributed by atoms with van der Waals surface area (Å²) in [7, 11) is -3.77. The van der Waals surface area contributed by atoms with Crippen LogP contribution in [0, 0.1) is 11.8 Å². The summed E-state index contributed by atoms with van der Waals surface area (Å²) < 4.78 is 13.1. The molecule has 4 atom stereocenters. The van der Waals surface area contributed by atoms with Crippen molar-refractivity contribution < 1.29 is 29.9 Å². The molecule has 0 aliphatic heterocycles. The fourth-order valence-electron chi connectivity index (χ4n) is 3.67. The molecule has 0 saturated carbocycles. The molecule has 0 saturated heterocycles. The molecule has 1 amide bonds. The molecule has 0 aromatic heterocycles. The van der Waals surface area contributed by atoms with Crippen LogP contribution in [0.25, 0.3) is 0 Å². The van der Waals surface area contributed by atoms with Gasteiger partial charge in [0.2, 0.25) is 5.91 Å². The number of carboxylic acids is 1. The summed E-state index contributed by atoms with van der Waals surface area (Å²) in [5.74, 6) is -3.09. The maximum absolute atomic E-state index is 13.1. The number of nitrogens with one attached hydrogen (secondary N) is 1. The Labute approximate surface area is 189 Å². The standard InChI is InChI=1S/C24H33N2O5P/c1-17(2)13-20(16-32(30,31)22(25)15-19-11-7-4-8-12-19)23(27)26-21(24(28)29)14-18-9-5-3-6-10-18/h3-12,17,20-22H,13-16,25H2,1-2H3,(H,26,27)(H,28,29)(H,30,31)/p+1/t20-,21-,22-/m0/s1. The molecule has 0 bridgehead atoms. The SMILES string of the molecule is CC(C)C[C@@H](CP(=O)(O)[C@H]([NH3+])Cc1ccccc1)C(=O)N[C@@H](Cc1ccccc1)C(=O)O. The first kappa shape index (κ1) is 25.8. The van der Waals surface area contributed by atoms with Gasteiger partial charge in [-0.1, -0.05) is 74.5 Å². The minimum atomic E-state index is -3.77. The zero-order valence-electron chi connectivity index (χ0n) is 18.7. The fraction of sp³-hybridized carbons (Fsp3) is 0.417. The molecule has 0 aliphatic rings. The van der Waals surface area contributed by atoms with E-state index < -0.39 is 37.0 Å². The molecular formula is C24H34N2O5P+. The predicted molar refractivity (Wildman–Crippen MR) is 124 cm³/mol. The first-order chi connectivity index (χ1) is 15.1. The number of hydrogen-bond acceptors (Lipinski definition) is 3. The van der Waals surface area contributed by atoms with E-state index in [0.717, 1.165) is 11.1 Å². The summed E-state index contributed by atoms with van der Waals surface area (Å²) in [6.07, 6.45) is 0.622. The summed E-state index contributed by atoms with van der Waals surface area (Å²) in [5.41, 5.74) is 5.59. The minimum absolute atomic E-state index is 0.0977. The lowest BCUT2D eigenvalue weighted by atomic mass is 9.97. The maximum atomic E-state index is 13.1. The van der Waals surface area contributed by atoms with Crippen molar-refractivity contribution in [3.05, 3.63) is 71.8 Å². The molecule has 8 heteroatoms. The van der Waals surface area contributed by atoms with E-state index in [9.17, 15) is 24.2 Å². The Morgan fingerprint density at radius 3 is 1.94 bits per heavy atom. The second-order valence-corrected chi connectivity index (χ2v) is 11.3. The van der Waals surface area contributed by atoms with E-state index in [-0.39, 0.29) is 18.5 Å². The summed E-state index contributed by atoms with van der Waals surface area (Å²) in [6.45, 7) is 3.85. The van der Waals surface area contributed by atoms with Gasteiger partial charge in [0.15, 0.2) is 5.78 Å². The lowest BCUT2D eigenvalue weighted by Gasteiger charge is -2.25. The zero-order chi connectivity index (χ0) is 23.7. The number of benzene rings is 2. The molecule has 7 nitrogen and oxygen atoms in total. The highest BCUT2D eigenvalue weighted by molar-refractivity contribution is 7.58. The van der Waals surface area contributed by atoms with Crippen molar-refractivity contribution in [3.63, 3.8) is 0 Å². The average Bonchev–Trinajstić information content (AvgIpc) is 2.73. The fourth-order valence-corrected chi connectivity index (χ4v) is 5.41. The smallest absolute Gasteiger partial charge is 0.326 e. The summed E-state index contributed by atoms with van der Waals surface area (Å²) >= 11 is 0. The summed E-state index contributed by atoms with van der Waals surface area (Å²) in [6, 6.07) is 17.3. The van der Waals surface area contributed by atoms with Crippen molar-refractivity contribution >= 4 is 19.2 Å². The predicted octanol–water partition coefficient (Wildman–Crippen LogP) is 2.54. The Hall–Kier alpha value is -2.47. The normalized spacial score (nSPS) is 16.0. The van der Waals surface area contributed by atoms with Crippen LogP contribution in [0.4, 0.5) is 0 Å². The molecule has 6 N–H and O–H groups in total. The van der Waals surface area contributed by atoms with Crippen LogP contribution in [0.5, 0.6) is 0 Å². The second-order valence-electron chi connectivity index (χ2n) is 8.70. The highest BCUT2D eigenvalue weighted by atomic mass is 31.2. The Morgan fingerprint density at radius 1 is 0.969 bits per heavy atom. The number of carbonyl (C=O) groups excluding carboxylic acids is 1. The van der Waals surface area contributed by atoms with Gasteiger partial charge in [-0.2, -0.15) is 0 Å². The number of quaternary nitrogens is 1. The molecule has 174 valence electrons. The number of carboxylic acid groups (broad SMARTS) is 1. The minimum Gasteiger partial charge on any atom is -0.480 e. The molecule has 0 spiro atoms. The van der Waals surface area contributed by atoms with Gasteiger partial charge >= 0.3 is 5.97 Å². The zero-order valence-corrected chi connectivity index (χ0v) is 19.6. The highest BCUT2D eigenvalue weighted by Crippen LogP contribution is 2.47. The molecule has 0 heterocycles. The Bertz CT molecular complexity index is 921. The van der Waals surface area contributed by atoms with Crippen molar-refractivity contribution in [3.8, 4) is 0 Å². The molecular weight excluding hydrogens is 427 g/mol. The van der Waals surface area contributed by atoms with Gasteiger partial charge in [-0.05, 0) is 23.5 Å². The third-order valence-corrected chi connectivity index (χ3v) is 7.68. The van der Waals surface area contributed by atoms with Gasteiger partial charge in [0.1, 0.15) is 6.04 Å². The van der Waals surface area contributed by atoms with E-state index in [1.54, 1.807) is 24.3 Å². The molecule has 0 fully saturated rings. The monoisotopic (exact) mass is 461 g/mol. The lowest BCUT2D eigenvalue weighted by Crippen LogP contribution is -2.62. The van der Waals surface area contributed by atoms with Crippen molar-refractivity contribution in [1.29, 1.82) is 0 Å². The van der Waals surface area contributed by atoms with E-state index in [1.807, 2.05) is 50.2 Å². The average molecular weight is 462 g/mol. The van der Waals surface area contributed by atoms with E-state index in [2.05, 4.69) is 11.1 Å². The number of hydrogen-bond donors (Lipinski definition) is 4. The largest absolute Gasteiger partial charge is 0.480 e. The van der Waals surface area contributed by atoms with Gasteiger partial charge in [-0.3, -0.25) is 9.36 Å². The number of carbonyl (C=O) groups is 2. The Balaban J connectivity index is 2.11. The molecule has 1 unspecified atom stereocenters. The first-order valence-corrected chi connectivity index (χ1v) is 12.8. The van der Waals surface area contributed by atoms with Crippen LogP contribution in [-0.4, -0.2) is 39.9 Å². The summed E-state index contributed by atoms with van der Waals surface area (Å²) in [4.78, 5) is 35.5. The van der Waals surface area contributed by atoms with E-state index in [4.69, 9.17) is 0 Å². The van der Waals surface area contributed by atoms with E-state index >= 15 is 0 Å². The Kier molecular flexibility index (Phi) is 9.63. The van der Waals surface area contributed by atoms with Gasteiger partial charge in [0.25, 0.3) is 7.37 Å². The molecule has 2 aromatic carbocycles. The lowest BCUT2D eigenvalue weighted by molar-refractivity contribution is -0.391. The van der Waals surface area contributed by atoms with Crippen LogP contribution in [0.1, 0.15) is 31.4 Å². The molecule has 0 radical (unpaired) electrons. The van der Waals surface area contributed by atoms with Crippen molar-refractivity contribution in [2.24, 2.45) is 11.8 Å². The molecule has 2 aromatic rings. The van der Waals surface area contributed by atoms with Gasteiger partial charge < -0.3 is 21.1 Å². The molecule has 0 aliphatic carbocycles. The van der Waals surface area contributed by atoms with Crippen molar-refractivity contribution in [2.75, 3.05) is 6.16 Å². The van der Waals surface area contributed by atoms with Crippen LogP contribution in [0.3, 0.4) is 0 Å². The van der Waals surface area contributed by atoms with Gasteiger partial charge in [-0.25, -0.2) is 4.79 Å². The van der Waals surface area contributed by atoms with Crippen LogP contribution in [0.15, 0.2) is 60.7 Å². The maximum Gasteiger partial charge on any atom is 0.326 e. The van der Waals surface area contributed by atoms with Gasteiger partial charge in [-0.15, -0.1) is 0 Å². The van der Waals surface area contributed by atoms with Gasteiger partial charge in [0, 0.05) is 24.9 Å². The van der Waals surface area contributed by atoms with Crippen molar-refractivity contribution in [2.45, 2.75) is 44.9 Å². The molecule has 32 heavy (non-hydrogen) atoms. The van der Waals surface area contributed by atoms with Crippen LogP contribution < -0.4 is 11.1 Å². The van der Waals surface area contributed by atoms with Crippen LogP contribution >= 0.6 is 7.37 Å². The number of rotatable bonds is 12. The topological polar surface area (TPSA) is 131 Å². The number of aliphatic carboxylic acids is 1. The number of amides is 1. The van der Waals surface area contributed by atoms with Crippen molar-refractivity contribution in [1.82, 2.24) is 5.32 Å². The highest BCUT2D eigenvalue weighted by Gasteiger charge is 2.37. The van der Waals surface area contributed by atoms with Crippen LogP contribution in [0.2, 0.25) is 0 Å². The summed E-state index contributed by atoms with van der Waals surface area (Å²) in [5, 5.41) is 12.2. The Morgan fingerprint density at radius 2 is 1.47 bits per heavy atom. The molecule has 2 rings (SSSR count). The first-order valence-electron chi connectivity index (χ1n) is 10.8. The second kappa shape index (κ2) is 12.0. The third-order valence-electron chi connectivity index (χ3n) is 5.39. The van der Waals surface area contributed by atoms with E-state index in [1.165, 1.54) is 0 Å². The van der Waals surface area contributed by atoms with E-state index in [0.29, 0.717) is 12.8 Å². The quantitative estimate of drug-likeness (QED) is 0.361.